The Morgan fingerprint density at radius 2 is 2.18 bits per heavy atom. The van der Waals surface area contributed by atoms with Gasteiger partial charge in [-0.3, -0.25) is 0 Å². The molecule has 11 heavy (non-hydrogen) atoms. The zero-order valence-electron chi connectivity index (χ0n) is 7.11. The Hall–Kier alpha value is -0.770. The molecule has 2 atom stereocenters. The van der Waals surface area contributed by atoms with Gasteiger partial charge in [0.2, 0.25) is 0 Å². The Kier molecular flexibility index (Phi) is 2.04. The summed E-state index contributed by atoms with van der Waals surface area (Å²) >= 11 is 0. The van der Waals surface area contributed by atoms with Crippen LogP contribution < -0.4 is 0 Å². The van der Waals surface area contributed by atoms with Crippen LogP contribution in [0.5, 0.6) is 0 Å². The van der Waals surface area contributed by atoms with Crippen LogP contribution in [0.1, 0.15) is 6.92 Å². The monoisotopic (exact) mass is 158 g/mol. The van der Waals surface area contributed by atoms with E-state index in [0.29, 0.717) is 12.6 Å². The van der Waals surface area contributed by atoms with Crippen LogP contribution in [0.25, 0.3) is 0 Å². The van der Waals surface area contributed by atoms with Gasteiger partial charge in [0, 0.05) is 18.6 Å². The molecule has 0 spiro atoms. The van der Waals surface area contributed by atoms with Crippen LogP contribution in [-0.4, -0.2) is 53.7 Å². The summed E-state index contributed by atoms with van der Waals surface area (Å²) < 4.78 is 0. The minimum Gasteiger partial charge on any atom is -0.465 e. The van der Waals surface area contributed by atoms with E-state index in [2.05, 4.69) is 4.90 Å². The average Bonchev–Trinajstić information content (AvgIpc) is 1.82. The fraction of sp³-hybridized carbons (Fsp3) is 0.857. The first-order chi connectivity index (χ1) is 5.04. The molecule has 0 unspecified atom stereocenters. The summed E-state index contributed by atoms with van der Waals surface area (Å²) in [6.07, 6.45) is -0.810. The van der Waals surface area contributed by atoms with Crippen LogP contribution in [0.3, 0.4) is 0 Å². The first-order valence-electron chi connectivity index (χ1n) is 3.70. The largest absolute Gasteiger partial charge is 0.465 e. The molecule has 64 valence electrons. The molecule has 0 bridgehead atoms. The molecule has 1 aliphatic rings. The van der Waals surface area contributed by atoms with Gasteiger partial charge in [-0.2, -0.15) is 0 Å². The highest BCUT2D eigenvalue weighted by Gasteiger charge is 2.39. The molecule has 0 aliphatic carbocycles. The maximum atomic E-state index is 10.5. The first-order valence-corrected chi connectivity index (χ1v) is 3.70. The second-order valence-corrected chi connectivity index (χ2v) is 3.21. The van der Waals surface area contributed by atoms with Gasteiger partial charge in [-0.25, -0.2) is 4.79 Å². The van der Waals surface area contributed by atoms with Crippen LogP contribution >= 0.6 is 0 Å². The smallest absolute Gasteiger partial charge is 0.407 e. The van der Waals surface area contributed by atoms with E-state index in [-0.39, 0.29) is 6.04 Å². The Morgan fingerprint density at radius 3 is 2.45 bits per heavy atom. The van der Waals surface area contributed by atoms with Gasteiger partial charge in [0.05, 0.1) is 0 Å². The quantitative estimate of drug-likeness (QED) is 0.597. The van der Waals surface area contributed by atoms with Gasteiger partial charge in [-0.1, -0.05) is 0 Å². The molecule has 1 rings (SSSR count). The molecule has 4 nitrogen and oxygen atoms in total. The Labute approximate surface area is 66.4 Å². The number of carboxylic acid groups (broad SMARTS) is 1. The number of nitrogens with zero attached hydrogens (tertiary/aromatic N) is 2. The maximum Gasteiger partial charge on any atom is 0.407 e. The third-order valence-corrected chi connectivity index (χ3v) is 2.34. The Balaban J connectivity index is 2.44. The van der Waals surface area contributed by atoms with E-state index in [9.17, 15) is 4.79 Å². The Bertz CT molecular complexity index is 170. The lowest BCUT2D eigenvalue weighted by Gasteiger charge is -2.47. The predicted molar refractivity (Wildman–Crippen MR) is 41.7 cm³/mol. The number of rotatable bonds is 1. The first kappa shape index (κ1) is 8.33. The number of amides is 1. The molecule has 0 aromatic rings. The highest BCUT2D eigenvalue weighted by Crippen LogP contribution is 2.20. The second-order valence-electron chi connectivity index (χ2n) is 3.21. The summed E-state index contributed by atoms with van der Waals surface area (Å²) in [5.41, 5.74) is 0. The van der Waals surface area contributed by atoms with Crippen LogP contribution in [0.15, 0.2) is 0 Å². The standard InChI is InChI=1S/C7H14N2O2/c1-5-6(8(2)3)4-9(5)7(10)11/h5-6H,4H2,1-3H3,(H,10,11)/t5-,6-/m0/s1. The third-order valence-electron chi connectivity index (χ3n) is 2.34. The van der Waals surface area contributed by atoms with E-state index >= 15 is 0 Å². The topological polar surface area (TPSA) is 43.8 Å². The molecule has 1 heterocycles. The van der Waals surface area contributed by atoms with E-state index in [1.807, 2.05) is 21.0 Å². The van der Waals surface area contributed by atoms with E-state index in [1.54, 1.807) is 0 Å². The molecule has 1 saturated heterocycles. The SMILES string of the molecule is C[C@H]1[C@@H](N(C)C)CN1C(=O)O. The number of likely N-dealkylation sites (N-methyl/N-ethyl adjacent to an activating group) is 1. The van der Waals surface area contributed by atoms with E-state index in [1.165, 1.54) is 4.90 Å². The van der Waals surface area contributed by atoms with Crippen LogP contribution in [0.2, 0.25) is 0 Å². The zero-order valence-corrected chi connectivity index (χ0v) is 7.11. The third kappa shape index (κ3) is 1.30. The van der Waals surface area contributed by atoms with Gasteiger partial charge in [-0.15, -0.1) is 0 Å². The molecule has 0 aromatic heterocycles. The van der Waals surface area contributed by atoms with Gasteiger partial charge >= 0.3 is 6.09 Å². The molecule has 1 amide bonds. The molecule has 1 aliphatic heterocycles. The summed E-state index contributed by atoms with van der Waals surface area (Å²) in [6.45, 7) is 2.58. The summed E-state index contributed by atoms with van der Waals surface area (Å²) in [4.78, 5) is 14.0. The van der Waals surface area contributed by atoms with Crippen molar-refractivity contribution in [1.82, 2.24) is 9.80 Å². The van der Waals surface area contributed by atoms with Crippen LogP contribution in [-0.2, 0) is 0 Å². The molecule has 0 radical (unpaired) electrons. The number of carbonyl (C=O) groups is 1. The highest BCUT2D eigenvalue weighted by atomic mass is 16.4. The molecule has 4 heteroatoms. The van der Waals surface area contributed by atoms with Crippen molar-refractivity contribution in [3.05, 3.63) is 0 Å². The summed E-state index contributed by atoms with van der Waals surface area (Å²) in [7, 11) is 3.95. The second kappa shape index (κ2) is 2.70. The Morgan fingerprint density at radius 1 is 1.64 bits per heavy atom. The van der Waals surface area contributed by atoms with Crippen molar-refractivity contribution in [2.45, 2.75) is 19.0 Å². The minimum absolute atomic E-state index is 0.141. The lowest BCUT2D eigenvalue weighted by Crippen LogP contribution is -2.65. The zero-order chi connectivity index (χ0) is 8.59. The number of hydrogen-bond donors (Lipinski definition) is 1. The predicted octanol–water partition coefficient (Wildman–Crippen LogP) is 0.299. The van der Waals surface area contributed by atoms with Gasteiger partial charge in [-0.05, 0) is 21.0 Å². The lowest BCUT2D eigenvalue weighted by molar-refractivity contribution is 0.0120. The molecular weight excluding hydrogens is 144 g/mol. The summed E-state index contributed by atoms with van der Waals surface area (Å²) in [6, 6.07) is 0.536. The van der Waals surface area contributed by atoms with Crippen molar-refractivity contribution >= 4 is 6.09 Å². The molecule has 1 N–H and O–H groups in total. The van der Waals surface area contributed by atoms with Gasteiger partial charge in [0.25, 0.3) is 0 Å². The highest BCUT2D eigenvalue weighted by molar-refractivity contribution is 5.67. The van der Waals surface area contributed by atoms with Crippen LogP contribution in [0.4, 0.5) is 4.79 Å². The normalized spacial score (nSPS) is 30.4. The van der Waals surface area contributed by atoms with Crippen molar-refractivity contribution in [2.75, 3.05) is 20.6 Å². The fourth-order valence-corrected chi connectivity index (χ4v) is 1.44. The average molecular weight is 158 g/mol. The van der Waals surface area contributed by atoms with Gasteiger partial charge in [0.1, 0.15) is 0 Å². The van der Waals surface area contributed by atoms with E-state index in [4.69, 9.17) is 5.11 Å². The number of likely N-dealkylation sites (tertiary alicyclic amines) is 1. The summed E-state index contributed by atoms with van der Waals surface area (Å²) in [5.74, 6) is 0. The fourth-order valence-electron chi connectivity index (χ4n) is 1.44. The van der Waals surface area contributed by atoms with Crippen molar-refractivity contribution in [3.8, 4) is 0 Å². The molecule has 0 saturated carbocycles. The molecular formula is C7H14N2O2. The van der Waals surface area contributed by atoms with Crippen molar-refractivity contribution < 1.29 is 9.90 Å². The lowest BCUT2D eigenvalue weighted by atomic mass is 9.98. The van der Waals surface area contributed by atoms with Crippen LogP contribution in [0, 0.1) is 0 Å². The van der Waals surface area contributed by atoms with Crippen molar-refractivity contribution in [3.63, 3.8) is 0 Å². The van der Waals surface area contributed by atoms with Gasteiger partial charge < -0.3 is 14.9 Å². The maximum absolute atomic E-state index is 10.5. The molecule has 1 fully saturated rings. The summed E-state index contributed by atoms with van der Waals surface area (Å²) in [5, 5.41) is 8.61. The minimum atomic E-state index is -0.810. The van der Waals surface area contributed by atoms with Gasteiger partial charge in [0.15, 0.2) is 0 Å². The number of hydrogen-bond acceptors (Lipinski definition) is 2. The van der Waals surface area contributed by atoms with E-state index < -0.39 is 6.09 Å². The van der Waals surface area contributed by atoms with Crippen molar-refractivity contribution in [1.29, 1.82) is 0 Å². The molecule has 0 aromatic carbocycles. The van der Waals surface area contributed by atoms with Crippen molar-refractivity contribution in [2.24, 2.45) is 0 Å². The van der Waals surface area contributed by atoms with E-state index in [0.717, 1.165) is 0 Å².